The topological polar surface area (TPSA) is 98.2 Å². The van der Waals surface area contributed by atoms with E-state index in [4.69, 9.17) is 9.47 Å². The molecule has 9 nitrogen and oxygen atoms in total. The smallest absolute Gasteiger partial charge is 0.253 e. The van der Waals surface area contributed by atoms with Crippen LogP contribution in [0.15, 0.2) is 29.1 Å². The molecule has 0 radical (unpaired) electrons. The van der Waals surface area contributed by atoms with Gasteiger partial charge in [0.05, 0.1) is 26.4 Å². The zero-order valence-electron chi connectivity index (χ0n) is 17.8. The molecule has 1 saturated carbocycles. The number of tetrazole rings is 1. The van der Waals surface area contributed by atoms with Crippen molar-refractivity contribution in [2.75, 3.05) is 33.4 Å². The summed E-state index contributed by atoms with van der Waals surface area (Å²) in [5, 5.41) is 13.8. The van der Waals surface area contributed by atoms with E-state index in [0.717, 1.165) is 48.4 Å². The third-order valence-corrected chi connectivity index (χ3v) is 6.47. The van der Waals surface area contributed by atoms with Gasteiger partial charge < -0.3 is 14.5 Å². The summed E-state index contributed by atoms with van der Waals surface area (Å²) < 4.78 is 12.9. The zero-order chi connectivity index (χ0) is 21.2. The third kappa shape index (κ3) is 3.95. The number of morpholine rings is 1. The molecule has 1 aliphatic heterocycles. The van der Waals surface area contributed by atoms with Gasteiger partial charge in [0.1, 0.15) is 11.8 Å². The second kappa shape index (κ2) is 8.76. The van der Waals surface area contributed by atoms with E-state index in [1.807, 2.05) is 28.9 Å². The molecule has 9 heteroatoms. The summed E-state index contributed by atoms with van der Waals surface area (Å²) in [5.74, 6) is 1.49. The van der Waals surface area contributed by atoms with Crippen LogP contribution in [0.1, 0.15) is 55.6 Å². The molecule has 2 fully saturated rings. The lowest BCUT2D eigenvalue weighted by Gasteiger charge is -2.34. The molecule has 2 aromatic heterocycles. The first-order valence-corrected chi connectivity index (χ1v) is 11.0. The van der Waals surface area contributed by atoms with E-state index in [2.05, 4.69) is 25.4 Å². The summed E-state index contributed by atoms with van der Waals surface area (Å²) in [6.07, 6.45) is 5.76. The van der Waals surface area contributed by atoms with Gasteiger partial charge in [-0.2, -0.15) is 0 Å². The summed E-state index contributed by atoms with van der Waals surface area (Å²) in [5.41, 5.74) is 1.31. The number of ether oxygens (including phenoxy) is 2. The van der Waals surface area contributed by atoms with Gasteiger partial charge in [-0.15, -0.1) is 5.10 Å². The highest BCUT2D eigenvalue weighted by Gasteiger charge is 2.33. The van der Waals surface area contributed by atoms with Gasteiger partial charge in [-0.05, 0) is 47.5 Å². The number of aromatic nitrogens is 5. The number of nitrogens with one attached hydrogen (secondary N) is 1. The first kappa shape index (κ1) is 20.1. The number of H-pyrrole nitrogens is 1. The molecular weight excluding hydrogens is 396 g/mol. The van der Waals surface area contributed by atoms with Crippen LogP contribution in [0, 0.1) is 0 Å². The fraction of sp³-hybridized carbons (Fsp3) is 0.545. The predicted octanol–water partition coefficient (Wildman–Crippen LogP) is 2.45. The Hall–Kier alpha value is -2.78. The molecular formula is C22H28N6O3. The molecule has 0 amide bonds. The van der Waals surface area contributed by atoms with E-state index in [1.165, 1.54) is 19.3 Å². The molecule has 1 aromatic carbocycles. The molecule has 0 bridgehead atoms. The Morgan fingerprint density at radius 1 is 1.16 bits per heavy atom. The minimum absolute atomic E-state index is 0.118. The van der Waals surface area contributed by atoms with Crippen LogP contribution < -0.4 is 10.3 Å². The number of rotatable bonds is 5. The highest BCUT2D eigenvalue weighted by atomic mass is 16.5. The maximum Gasteiger partial charge on any atom is 0.253 e. The van der Waals surface area contributed by atoms with Gasteiger partial charge in [0.15, 0.2) is 5.82 Å². The van der Waals surface area contributed by atoms with Crippen LogP contribution in [0.4, 0.5) is 0 Å². The minimum atomic E-state index is -0.333. The fourth-order valence-electron chi connectivity index (χ4n) is 4.83. The van der Waals surface area contributed by atoms with Crippen LogP contribution in [0.5, 0.6) is 5.75 Å². The number of aromatic amines is 1. The SMILES string of the molecule is COc1ccc2[nH]c(=O)c(C(c3nnnn3C3CCCCC3)N3CCOCC3)cc2c1. The Bertz CT molecular complexity index is 1100. The molecule has 1 atom stereocenters. The van der Waals surface area contributed by atoms with E-state index in [1.54, 1.807) is 7.11 Å². The fourth-order valence-corrected chi connectivity index (χ4v) is 4.83. The second-order valence-electron chi connectivity index (χ2n) is 8.33. The Balaban J connectivity index is 1.63. The van der Waals surface area contributed by atoms with Gasteiger partial charge >= 0.3 is 0 Å². The average molecular weight is 425 g/mol. The van der Waals surface area contributed by atoms with Crippen molar-refractivity contribution >= 4 is 10.9 Å². The van der Waals surface area contributed by atoms with Crippen LogP contribution in [0.3, 0.4) is 0 Å². The molecule has 5 rings (SSSR count). The van der Waals surface area contributed by atoms with Crippen LogP contribution in [0.2, 0.25) is 0 Å². The number of hydrogen-bond donors (Lipinski definition) is 1. The normalized spacial score (nSPS) is 19.5. The molecule has 31 heavy (non-hydrogen) atoms. The standard InChI is InChI=1S/C22H28N6O3/c1-30-17-7-8-19-15(13-17)14-18(22(29)23-19)20(27-9-11-31-12-10-27)21-24-25-26-28(21)16-5-3-2-4-6-16/h7-8,13-14,16,20H,2-6,9-12H2,1H3,(H,23,29). The minimum Gasteiger partial charge on any atom is -0.497 e. The summed E-state index contributed by atoms with van der Waals surface area (Å²) in [7, 11) is 1.64. The van der Waals surface area contributed by atoms with E-state index in [9.17, 15) is 4.79 Å². The van der Waals surface area contributed by atoms with Gasteiger partial charge in [-0.25, -0.2) is 4.68 Å². The molecule has 3 aromatic rings. The average Bonchev–Trinajstić information content (AvgIpc) is 3.30. The van der Waals surface area contributed by atoms with E-state index in [0.29, 0.717) is 18.8 Å². The highest BCUT2D eigenvalue weighted by Crippen LogP contribution is 2.33. The zero-order valence-corrected chi connectivity index (χ0v) is 17.8. The maximum absolute atomic E-state index is 13.2. The number of methoxy groups -OCH3 is 1. The van der Waals surface area contributed by atoms with Crippen molar-refractivity contribution in [2.45, 2.75) is 44.2 Å². The maximum atomic E-state index is 13.2. The lowest BCUT2D eigenvalue weighted by atomic mass is 9.95. The van der Waals surface area contributed by atoms with Gasteiger partial charge in [0, 0.05) is 29.6 Å². The van der Waals surface area contributed by atoms with Crippen LogP contribution >= 0.6 is 0 Å². The summed E-state index contributed by atoms with van der Waals surface area (Å²) >= 11 is 0. The van der Waals surface area contributed by atoms with Crippen molar-refractivity contribution in [3.63, 3.8) is 0 Å². The summed E-state index contributed by atoms with van der Waals surface area (Å²) in [6, 6.07) is 7.56. The van der Waals surface area contributed by atoms with E-state index < -0.39 is 0 Å². The van der Waals surface area contributed by atoms with E-state index in [-0.39, 0.29) is 17.6 Å². The van der Waals surface area contributed by atoms with Crippen molar-refractivity contribution in [3.8, 4) is 5.75 Å². The Morgan fingerprint density at radius 3 is 2.74 bits per heavy atom. The van der Waals surface area contributed by atoms with Gasteiger partial charge in [-0.3, -0.25) is 9.69 Å². The predicted molar refractivity (Wildman–Crippen MR) is 115 cm³/mol. The molecule has 2 aliphatic rings. The Labute approximate surface area is 180 Å². The molecule has 164 valence electrons. The van der Waals surface area contributed by atoms with Gasteiger partial charge in [-0.1, -0.05) is 19.3 Å². The molecule has 0 spiro atoms. The Morgan fingerprint density at radius 2 is 1.97 bits per heavy atom. The molecule has 1 N–H and O–H groups in total. The summed E-state index contributed by atoms with van der Waals surface area (Å²) in [6.45, 7) is 2.69. The number of hydrogen-bond acceptors (Lipinski definition) is 7. The van der Waals surface area contributed by atoms with Crippen molar-refractivity contribution in [2.24, 2.45) is 0 Å². The quantitative estimate of drug-likeness (QED) is 0.672. The van der Waals surface area contributed by atoms with Crippen LogP contribution in [-0.4, -0.2) is 63.5 Å². The highest BCUT2D eigenvalue weighted by molar-refractivity contribution is 5.80. The molecule has 1 saturated heterocycles. The summed E-state index contributed by atoms with van der Waals surface area (Å²) in [4.78, 5) is 18.5. The first-order chi connectivity index (χ1) is 15.2. The van der Waals surface area contributed by atoms with Gasteiger partial charge in [0.25, 0.3) is 5.56 Å². The lowest BCUT2D eigenvalue weighted by molar-refractivity contribution is 0.0209. The number of nitrogens with zero attached hydrogens (tertiary/aromatic N) is 5. The number of fused-ring (bicyclic) bond motifs is 1. The van der Waals surface area contributed by atoms with Crippen molar-refractivity contribution < 1.29 is 9.47 Å². The number of pyridine rings is 1. The molecule has 3 heterocycles. The lowest BCUT2D eigenvalue weighted by Crippen LogP contribution is -2.42. The second-order valence-corrected chi connectivity index (χ2v) is 8.33. The van der Waals surface area contributed by atoms with Crippen molar-refractivity contribution in [1.29, 1.82) is 0 Å². The Kier molecular flexibility index (Phi) is 5.69. The van der Waals surface area contributed by atoms with Crippen molar-refractivity contribution in [3.05, 3.63) is 46.0 Å². The third-order valence-electron chi connectivity index (χ3n) is 6.47. The molecule has 1 unspecified atom stereocenters. The van der Waals surface area contributed by atoms with Crippen LogP contribution in [-0.2, 0) is 4.74 Å². The number of benzene rings is 1. The van der Waals surface area contributed by atoms with Gasteiger partial charge in [0.2, 0.25) is 0 Å². The van der Waals surface area contributed by atoms with E-state index >= 15 is 0 Å². The molecule has 1 aliphatic carbocycles. The monoisotopic (exact) mass is 424 g/mol. The van der Waals surface area contributed by atoms with Crippen molar-refractivity contribution in [1.82, 2.24) is 30.1 Å². The largest absolute Gasteiger partial charge is 0.497 e. The van der Waals surface area contributed by atoms with Crippen LogP contribution in [0.25, 0.3) is 10.9 Å². The first-order valence-electron chi connectivity index (χ1n) is 11.0.